The van der Waals surface area contributed by atoms with Crippen LogP contribution in [-0.2, 0) is 22.7 Å². The van der Waals surface area contributed by atoms with Crippen molar-refractivity contribution < 1.29 is 19.0 Å². The highest BCUT2D eigenvalue weighted by Gasteiger charge is 2.08. The van der Waals surface area contributed by atoms with Gasteiger partial charge in [-0.25, -0.2) is 0 Å². The van der Waals surface area contributed by atoms with Crippen molar-refractivity contribution in [1.29, 1.82) is 0 Å². The Morgan fingerprint density at radius 3 is 2.30 bits per heavy atom. The van der Waals surface area contributed by atoms with Crippen LogP contribution >= 0.6 is 0 Å². The van der Waals surface area contributed by atoms with E-state index in [1.54, 1.807) is 26.4 Å². The van der Waals surface area contributed by atoms with Crippen molar-refractivity contribution in [3.05, 3.63) is 59.7 Å². The zero-order valence-electron chi connectivity index (χ0n) is 13.4. The monoisotopic (exact) mass is 315 g/mol. The van der Waals surface area contributed by atoms with Crippen LogP contribution in [0.15, 0.2) is 48.5 Å². The number of benzene rings is 2. The summed E-state index contributed by atoms with van der Waals surface area (Å²) in [6, 6.07) is 15.1. The third-order valence-corrected chi connectivity index (χ3v) is 3.32. The molecule has 2 rings (SSSR count). The summed E-state index contributed by atoms with van der Waals surface area (Å²) in [6.45, 7) is 0.893. The van der Waals surface area contributed by atoms with Gasteiger partial charge in [0, 0.05) is 13.7 Å². The number of hydrogen-bond donors (Lipinski definition) is 1. The fourth-order valence-electron chi connectivity index (χ4n) is 2.15. The average Bonchev–Trinajstić information content (AvgIpc) is 2.59. The van der Waals surface area contributed by atoms with Crippen molar-refractivity contribution in [2.45, 2.75) is 13.2 Å². The van der Waals surface area contributed by atoms with E-state index in [1.807, 2.05) is 36.4 Å². The Bertz CT molecular complexity index is 642. The Hall–Kier alpha value is -2.53. The van der Waals surface area contributed by atoms with Gasteiger partial charge in [0.1, 0.15) is 0 Å². The van der Waals surface area contributed by atoms with Gasteiger partial charge in [-0.3, -0.25) is 4.79 Å². The van der Waals surface area contributed by atoms with Gasteiger partial charge in [0.05, 0.1) is 13.7 Å². The highest BCUT2D eigenvalue weighted by Crippen LogP contribution is 2.25. The summed E-state index contributed by atoms with van der Waals surface area (Å²) in [5, 5.41) is 2.85. The Labute approximate surface area is 136 Å². The molecule has 1 amide bonds. The normalized spacial score (nSPS) is 10.2. The zero-order valence-corrected chi connectivity index (χ0v) is 13.4. The first kappa shape index (κ1) is 16.8. The van der Waals surface area contributed by atoms with Gasteiger partial charge in [-0.1, -0.05) is 36.4 Å². The third kappa shape index (κ3) is 5.00. The SMILES string of the molecule is COCc1ccccc1CNC(=O)COc1ccccc1OC. The fraction of sp³-hybridized carbons (Fsp3) is 0.278. The number of para-hydroxylation sites is 2. The standard InChI is InChI=1S/C18H21NO4/c1-21-12-15-8-4-3-7-14(15)11-19-18(20)13-23-17-10-6-5-9-16(17)22-2/h3-10H,11-13H2,1-2H3,(H,19,20). The Kier molecular flexibility index (Phi) is 6.44. The summed E-state index contributed by atoms with van der Waals surface area (Å²) in [5.74, 6) is 0.957. The number of nitrogens with one attached hydrogen (secondary N) is 1. The summed E-state index contributed by atoms with van der Waals surface area (Å²) in [6.07, 6.45) is 0. The second-order valence-corrected chi connectivity index (χ2v) is 4.92. The first-order chi connectivity index (χ1) is 11.2. The molecule has 0 aliphatic heterocycles. The molecule has 0 spiro atoms. The van der Waals surface area contributed by atoms with Gasteiger partial charge in [0.2, 0.25) is 0 Å². The molecule has 0 bridgehead atoms. The molecule has 0 heterocycles. The molecule has 0 fully saturated rings. The molecule has 2 aromatic carbocycles. The number of hydrogen-bond acceptors (Lipinski definition) is 4. The number of ether oxygens (including phenoxy) is 3. The lowest BCUT2D eigenvalue weighted by Gasteiger charge is -2.12. The second kappa shape index (κ2) is 8.80. The molecule has 0 saturated heterocycles. The lowest BCUT2D eigenvalue weighted by Crippen LogP contribution is -2.28. The fourth-order valence-corrected chi connectivity index (χ4v) is 2.15. The molecule has 122 valence electrons. The van der Waals surface area contributed by atoms with Crippen molar-refractivity contribution >= 4 is 5.91 Å². The minimum absolute atomic E-state index is 0.0627. The van der Waals surface area contributed by atoms with E-state index in [4.69, 9.17) is 14.2 Å². The second-order valence-electron chi connectivity index (χ2n) is 4.92. The quantitative estimate of drug-likeness (QED) is 0.813. The van der Waals surface area contributed by atoms with Crippen LogP contribution in [0.1, 0.15) is 11.1 Å². The minimum Gasteiger partial charge on any atom is -0.493 e. The molecule has 0 aromatic heterocycles. The lowest BCUT2D eigenvalue weighted by atomic mass is 10.1. The molecule has 1 N–H and O–H groups in total. The zero-order chi connectivity index (χ0) is 16.5. The van der Waals surface area contributed by atoms with Crippen molar-refractivity contribution in [2.75, 3.05) is 20.8 Å². The maximum absolute atomic E-state index is 12.0. The molecule has 0 unspecified atom stereocenters. The number of rotatable bonds is 8. The molecule has 2 aromatic rings. The van der Waals surface area contributed by atoms with Crippen molar-refractivity contribution in [3.8, 4) is 11.5 Å². The minimum atomic E-state index is -0.192. The molecule has 0 atom stereocenters. The summed E-state index contributed by atoms with van der Waals surface area (Å²) in [4.78, 5) is 12.0. The van der Waals surface area contributed by atoms with Crippen molar-refractivity contribution in [2.24, 2.45) is 0 Å². The maximum Gasteiger partial charge on any atom is 0.258 e. The van der Waals surface area contributed by atoms with Crippen molar-refractivity contribution in [1.82, 2.24) is 5.32 Å². The molecule has 0 aliphatic rings. The summed E-state index contributed by atoms with van der Waals surface area (Å²) < 4.78 is 15.8. The maximum atomic E-state index is 12.0. The molecule has 0 saturated carbocycles. The summed E-state index contributed by atoms with van der Waals surface area (Å²) in [7, 11) is 3.21. The van der Waals surface area contributed by atoms with Gasteiger partial charge in [0.15, 0.2) is 18.1 Å². The molecule has 5 heteroatoms. The molecular formula is C18H21NO4. The third-order valence-electron chi connectivity index (χ3n) is 3.32. The Balaban J connectivity index is 1.86. The molecule has 0 aliphatic carbocycles. The topological polar surface area (TPSA) is 56.8 Å². The van der Waals surface area contributed by atoms with E-state index in [1.165, 1.54) is 0 Å². The van der Waals surface area contributed by atoms with Crippen LogP contribution in [0.5, 0.6) is 11.5 Å². The van der Waals surface area contributed by atoms with Crippen LogP contribution in [-0.4, -0.2) is 26.7 Å². The van der Waals surface area contributed by atoms with Gasteiger partial charge in [-0.2, -0.15) is 0 Å². The van der Waals surface area contributed by atoms with Crippen LogP contribution < -0.4 is 14.8 Å². The van der Waals surface area contributed by atoms with Gasteiger partial charge in [0.25, 0.3) is 5.91 Å². The van der Waals surface area contributed by atoms with Crippen molar-refractivity contribution in [3.63, 3.8) is 0 Å². The van der Waals surface area contributed by atoms with Gasteiger partial charge < -0.3 is 19.5 Å². The van der Waals surface area contributed by atoms with E-state index in [0.29, 0.717) is 24.7 Å². The number of carbonyl (C=O) groups excluding carboxylic acids is 1. The predicted octanol–water partition coefficient (Wildman–Crippen LogP) is 2.54. The largest absolute Gasteiger partial charge is 0.493 e. The van der Waals surface area contributed by atoms with Crippen LogP contribution in [0.2, 0.25) is 0 Å². The van der Waals surface area contributed by atoms with E-state index < -0.39 is 0 Å². The van der Waals surface area contributed by atoms with Crippen LogP contribution in [0.25, 0.3) is 0 Å². The summed E-state index contributed by atoms with van der Waals surface area (Å²) >= 11 is 0. The molecule has 23 heavy (non-hydrogen) atoms. The van der Waals surface area contributed by atoms with Crippen LogP contribution in [0, 0.1) is 0 Å². The predicted molar refractivity (Wildman–Crippen MR) is 87.5 cm³/mol. The molecular weight excluding hydrogens is 294 g/mol. The average molecular weight is 315 g/mol. The van der Waals surface area contributed by atoms with E-state index in [9.17, 15) is 4.79 Å². The smallest absolute Gasteiger partial charge is 0.258 e. The van der Waals surface area contributed by atoms with E-state index >= 15 is 0 Å². The first-order valence-corrected chi connectivity index (χ1v) is 7.33. The van der Waals surface area contributed by atoms with Gasteiger partial charge in [-0.15, -0.1) is 0 Å². The molecule has 5 nitrogen and oxygen atoms in total. The highest BCUT2D eigenvalue weighted by molar-refractivity contribution is 5.77. The van der Waals surface area contributed by atoms with E-state index in [2.05, 4.69) is 5.32 Å². The number of amides is 1. The van der Waals surface area contributed by atoms with Gasteiger partial charge >= 0.3 is 0 Å². The number of carbonyl (C=O) groups is 1. The number of methoxy groups -OCH3 is 2. The Morgan fingerprint density at radius 1 is 0.957 bits per heavy atom. The Morgan fingerprint density at radius 2 is 1.61 bits per heavy atom. The summed E-state index contributed by atoms with van der Waals surface area (Å²) in [5.41, 5.74) is 2.08. The van der Waals surface area contributed by atoms with Crippen LogP contribution in [0.4, 0.5) is 0 Å². The highest BCUT2D eigenvalue weighted by atomic mass is 16.5. The van der Waals surface area contributed by atoms with E-state index in [0.717, 1.165) is 11.1 Å². The molecule has 0 radical (unpaired) electrons. The van der Waals surface area contributed by atoms with Gasteiger partial charge in [-0.05, 0) is 23.3 Å². The lowest BCUT2D eigenvalue weighted by molar-refractivity contribution is -0.123. The first-order valence-electron chi connectivity index (χ1n) is 7.33. The van der Waals surface area contributed by atoms with E-state index in [-0.39, 0.29) is 12.5 Å². The van der Waals surface area contributed by atoms with Crippen LogP contribution in [0.3, 0.4) is 0 Å².